The highest BCUT2D eigenvalue weighted by molar-refractivity contribution is 5.90. The van der Waals surface area contributed by atoms with Gasteiger partial charge in [0.25, 0.3) is 5.91 Å². The Bertz CT molecular complexity index is 763. The Balaban J connectivity index is 1.78. The van der Waals surface area contributed by atoms with Crippen LogP contribution in [0.2, 0.25) is 0 Å². The number of benzene rings is 2. The summed E-state index contributed by atoms with van der Waals surface area (Å²) in [7, 11) is 0. The third-order valence-electron chi connectivity index (χ3n) is 4.34. The Morgan fingerprint density at radius 2 is 1.88 bits per heavy atom. The van der Waals surface area contributed by atoms with Crippen molar-refractivity contribution in [2.24, 2.45) is 0 Å². The summed E-state index contributed by atoms with van der Waals surface area (Å²) in [6.45, 7) is 0.170. The largest absolute Gasteiger partial charge is 0.483 e. The average Bonchev–Trinajstić information content (AvgIpc) is 2.80. The minimum atomic E-state index is -0.816. The van der Waals surface area contributed by atoms with Gasteiger partial charge < -0.3 is 20.1 Å². The van der Waals surface area contributed by atoms with Crippen LogP contribution in [0.15, 0.2) is 54.6 Å². The van der Waals surface area contributed by atoms with Crippen molar-refractivity contribution < 1.29 is 19.4 Å². The van der Waals surface area contributed by atoms with E-state index in [1.54, 1.807) is 24.3 Å². The number of carbonyl (C=O) groups excluding carboxylic acids is 2. The maximum Gasteiger partial charge on any atom is 0.261 e. The van der Waals surface area contributed by atoms with Gasteiger partial charge in [-0.25, -0.2) is 0 Å². The summed E-state index contributed by atoms with van der Waals surface area (Å²) in [4.78, 5) is 26.7. The zero-order valence-electron chi connectivity index (χ0n) is 14.4. The van der Waals surface area contributed by atoms with Crippen LogP contribution in [-0.2, 0) is 16.0 Å². The van der Waals surface area contributed by atoms with E-state index in [0.717, 1.165) is 5.56 Å². The van der Waals surface area contributed by atoms with E-state index < -0.39 is 6.04 Å². The number of nitrogens with one attached hydrogen (secondary N) is 1. The summed E-state index contributed by atoms with van der Waals surface area (Å²) in [6.07, 6.45) is 0.700. The average molecular weight is 354 g/mol. The van der Waals surface area contributed by atoms with Crippen LogP contribution in [0.5, 0.6) is 5.75 Å². The van der Waals surface area contributed by atoms with Crippen molar-refractivity contribution in [1.82, 2.24) is 10.2 Å². The number of ether oxygens (including phenoxy) is 1. The molecule has 2 amide bonds. The summed E-state index contributed by atoms with van der Waals surface area (Å²) in [5.74, 6) is -0.0800. The maximum atomic E-state index is 12.9. The fourth-order valence-electron chi connectivity index (χ4n) is 3.09. The van der Waals surface area contributed by atoms with Gasteiger partial charge in [0.05, 0.1) is 6.61 Å². The van der Waals surface area contributed by atoms with Crippen molar-refractivity contribution in [1.29, 1.82) is 0 Å². The van der Waals surface area contributed by atoms with Crippen molar-refractivity contribution in [3.8, 4) is 5.75 Å². The first kappa shape index (κ1) is 17.9. The fourth-order valence-corrected chi connectivity index (χ4v) is 3.09. The Morgan fingerprint density at radius 1 is 1.15 bits per heavy atom. The number of para-hydroxylation sites is 1. The lowest BCUT2D eigenvalue weighted by molar-refractivity contribution is -0.141. The molecule has 1 aliphatic rings. The highest BCUT2D eigenvalue weighted by Crippen LogP contribution is 2.32. The van der Waals surface area contributed by atoms with Crippen molar-refractivity contribution >= 4 is 11.8 Å². The van der Waals surface area contributed by atoms with Crippen LogP contribution in [0.1, 0.15) is 17.2 Å². The first-order valence-electron chi connectivity index (χ1n) is 8.64. The Kier molecular flexibility index (Phi) is 5.86. The first-order valence-corrected chi connectivity index (χ1v) is 8.64. The van der Waals surface area contributed by atoms with Gasteiger partial charge in [-0.2, -0.15) is 0 Å². The molecule has 0 radical (unpaired) electrons. The molecule has 0 saturated carbocycles. The van der Waals surface area contributed by atoms with Gasteiger partial charge in [-0.15, -0.1) is 0 Å². The van der Waals surface area contributed by atoms with Gasteiger partial charge in [-0.05, 0) is 18.1 Å². The standard InChI is InChI=1S/C20H22N2O4/c23-13-12-22-18(24)14-26-17-9-5-4-8-16(17)19(22)20(25)21-11-10-15-6-2-1-3-7-15/h1-9,19,23H,10-14H2,(H,21,25). The predicted molar refractivity (Wildman–Crippen MR) is 96.6 cm³/mol. The molecule has 2 N–H and O–H groups in total. The number of carbonyl (C=O) groups is 2. The number of nitrogens with zero attached hydrogens (tertiary/aromatic N) is 1. The van der Waals surface area contributed by atoms with E-state index in [-0.39, 0.29) is 31.6 Å². The summed E-state index contributed by atoms with van der Waals surface area (Å²) in [5, 5.41) is 12.2. The van der Waals surface area contributed by atoms with Crippen molar-refractivity contribution in [2.45, 2.75) is 12.5 Å². The van der Waals surface area contributed by atoms with Crippen LogP contribution in [-0.4, -0.2) is 48.1 Å². The number of amides is 2. The Labute approximate surface area is 152 Å². The second-order valence-electron chi connectivity index (χ2n) is 6.07. The Hall–Kier alpha value is -2.86. The zero-order chi connectivity index (χ0) is 18.4. The molecule has 0 fully saturated rings. The van der Waals surface area contributed by atoms with E-state index >= 15 is 0 Å². The van der Waals surface area contributed by atoms with Crippen molar-refractivity contribution in [3.63, 3.8) is 0 Å². The molecule has 0 aliphatic carbocycles. The van der Waals surface area contributed by atoms with Crippen LogP contribution >= 0.6 is 0 Å². The minimum Gasteiger partial charge on any atom is -0.483 e. The third-order valence-corrected chi connectivity index (χ3v) is 4.34. The highest BCUT2D eigenvalue weighted by Gasteiger charge is 2.35. The second-order valence-corrected chi connectivity index (χ2v) is 6.07. The molecule has 1 unspecified atom stereocenters. The first-order chi connectivity index (χ1) is 12.7. The lowest BCUT2D eigenvalue weighted by atomic mass is 10.0. The van der Waals surface area contributed by atoms with E-state index in [2.05, 4.69) is 5.32 Å². The quantitative estimate of drug-likeness (QED) is 0.820. The van der Waals surface area contributed by atoms with E-state index in [1.807, 2.05) is 30.3 Å². The predicted octanol–water partition coefficient (Wildman–Crippen LogP) is 1.30. The SMILES string of the molecule is O=C(NCCc1ccccc1)C1c2ccccc2OCC(=O)N1CCO. The van der Waals surface area contributed by atoms with Gasteiger partial charge in [0.1, 0.15) is 11.8 Å². The van der Waals surface area contributed by atoms with E-state index in [9.17, 15) is 14.7 Å². The van der Waals surface area contributed by atoms with Crippen LogP contribution in [0.3, 0.4) is 0 Å². The second kappa shape index (κ2) is 8.49. The van der Waals surface area contributed by atoms with Gasteiger partial charge >= 0.3 is 0 Å². The molecule has 6 nitrogen and oxygen atoms in total. The lowest BCUT2D eigenvalue weighted by Crippen LogP contribution is -2.45. The minimum absolute atomic E-state index is 0.0767. The van der Waals surface area contributed by atoms with E-state index in [4.69, 9.17) is 4.74 Å². The summed E-state index contributed by atoms with van der Waals surface area (Å²) in [5.41, 5.74) is 1.75. The van der Waals surface area contributed by atoms with Crippen LogP contribution in [0.25, 0.3) is 0 Å². The van der Waals surface area contributed by atoms with E-state index in [0.29, 0.717) is 24.3 Å². The van der Waals surface area contributed by atoms with Gasteiger partial charge in [0.15, 0.2) is 6.61 Å². The number of rotatable bonds is 6. The van der Waals surface area contributed by atoms with Gasteiger partial charge in [-0.1, -0.05) is 48.5 Å². The molecule has 0 aromatic heterocycles. The summed E-state index contributed by atoms with van der Waals surface area (Å²) >= 11 is 0. The molecule has 136 valence electrons. The highest BCUT2D eigenvalue weighted by atomic mass is 16.5. The monoisotopic (exact) mass is 354 g/mol. The molecule has 0 bridgehead atoms. The normalized spacial score (nSPS) is 16.4. The number of aliphatic hydroxyl groups excluding tert-OH is 1. The molecule has 0 saturated heterocycles. The van der Waals surface area contributed by atoms with Crippen LogP contribution in [0, 0.1) is 0 Å². The van der Waals surface area contributed by atoms with Gasteiger partial charge in [0, 0.05) is 18.7 Å². The molecule has 1 atom stereocenters. The molecule has 2 aromatic rings. The number of hydrogen-bond donors (Lipinski definition) is 2. The number of β-amino-alcohol motifs (C(OH)–C–C–N with tert-alkyl or cyclic N) is 1. The number of fused-ring (bicyclic) bond motifs is 1. The lowest BCUT2D eigenvalue weighted by Gasteiger charge is -2.28. The van der Waals surface area contributed by atoms with Crippen molar-refractivity contribution in [3.05, 3.63) is 65.7 Å². The van der Waals surface area contributed by atoms with Gasteiger partial charge in [-0.3, -0.25) is 9.59 Å². The smallest absolute Gasteiger partial charge is 0.261 e. The maximum absolute atomic E-state index is 12.9. The molecule has 3 rings (SSSR count). The van der Waals surface area contributed by atoms with Gasteiger partial charge in [0.2, 0.25) is 5.91 Å². The topological polar surface area (TPSA) is 78.9 Å². The fraction of sp³-hybridized carbons (Fsp3) is 0.300. The molecule has 1 aliphatic heterocycles. The molecule has 26 heavy (non-hydrogen) atoms. The Morgan fingerprint density at radius 3 is 2.65 bits per heavy atom. The molecule has 1 heterocycles. The van der Waals surface area contributed by atoms with Crippen LogP contribution in [0.4, 0.5) is 0 Å². The molecule has 6 heteroatoms. The number of hydrogen-bond acceptors (Lipinski definition) is 4. The van der Waals surface area contributed by atoms with Crippen molar-refractivity contribution in [2.75, 3.05) is 26.3 Å². The third kappa shape index (κ3) is 4.03. The molecule has 0 spiro atoms. The summed E-state index contributed by atoms with van der Waals surface area (Å²) in [6, 6.07) is 16.2. The molecular weight excluding hydrogens is 332 g/mol. The van der Waals surface area contributed by atoms with Crippen LogP contribution < -0.4 is 10.1 Å². The summed E-state index contributed by atoms with van der Waals surface area (Å²) < 4.78 is 5.54. The molecule has 2 aromatic carbocycles. The zero-order valence-corrected chi connectivity index (χ0v) is 14.4. The number of aliphatic hydroxyl groups is 1. The van der Waals surface area contributed by atoms with E-state index in [1.165, 1.54) is 4.90 Å². The molecular formula is C20H22N2O4.